The number of hydrogen-bond acceptors (Lipinski definition) is 2. The highest BCUT2D eigenvalue weighted by Gasteiger charge is 2.32. The third-order valence-corrected chi connectivity index (χ3v) is 3.13. The van der Waals surface area contributed by atoms with Gasteiger partial charge in [-0.2, -0.15) is 0 Å². The van der Waals surface area contributed by atoms with Crippen LogP contribution in [0.3, 0.4) is 0 Å². The second kappa shape index (κ2) is 5.11. The van der Waals surface area contributed by atoms with Gasteiger partial charge in [0.1, 0.15) is 5.75 Å². The highest BCUT2D eigenvalue weighted by Crippen LogP contribution is 2.38. The average molecular weight is 273 g/mol. The van der Waals surface area contributed by atoms with Gasteiger partial charge in [-0.25, -0.2) is 0 Å². The molecule has 2 rings (SSSR count). The van der Waals surface area contributed by atoms with Gasteiger partial charge in [-0.3, -0.25) is 4.79 Å². The molecule has 1 unspecified atom stereocenters. The lowest BCUT2D eigenvalue weighted by Crippen LogP contribution is -2.22. The SMILES string of the molecule is NC(=O)C(CC1CC1)c1ccc(OC(F)(F)F)cc1. The zero-order valence-electron chi connectivity index (χ0n) is 10.1. The summed E-state index contributed by atoms with van der Waals surface area (Å²) >= 11 is 0. The predicted molar refractivity (Wildman–Crippen MR) is 62.4 cm³/mol. The van der Waals surface area contributed by atoms with Gasteiger partial charge in [0, 0.05) is 0 Å². The normalized spacial score (nSPS) is 17.0. The molecule has 1 fully saturated rings. The lowest BCUT2D eigenvalue weighted by Gasteiger charge is -2.14. The molecule has 0 radical (unpaired) electrons. The molecule has 1 aliphatic carbocycles. The summed E-state index contributed by atoms with van der Waals surface area (Å²) in [5.41, 5.74) is 5.97. The van der Waals surface area contributed by atoms with Gasteiger partial charge < -0.3 is 10.5 Å². The number of amides is 1. The number of nitrogens with two attached hydrogens (primary N) is 1. The van der Waals surface area contributed by atoms with Crippen molar-refractivity contribution in [3.63, 3.8) is 0 Å². The Balaban J connectivity index is 2.08. The molecule has 0 heterocycles. The van der Waals surface area contributed by atoms with Crippen molar-refractivity contribution in [3.05, 3.63) is 29.8 Å². The van der Waals surface area contributed by atoms with Crippen LogP contribution in [-0.4, -0.2) is 12.3 Å². The van der Waals surface area contributed by atoms with Crippen molar-refractivity contribution < 1.29 is 22.7 Å². The summed E-state index contributed by atoms with van der Waals surface area (Å²) in [5.74, 6) is -0.682. The molecule has 0 aliphatic heterocycles. The highest BCUT2D eigenvalue weighted by atomic mass is 19.4. The van der Waals surface area contributed by atoms with Gasteiger partial charge in [0.2, 0.25) is 5.91 Å². The number of carbonyl (C=O) groups excluding carboxylic acids is 1. The van der Waals surface area contributed by atoms with E-state index in [-0.39, 0.29) is 5.75 Å². The molecule has 6 heteroatoms. The molecule has 0 bridgehead atoms. The van der Waals surface area contributed by atoms with E-state index in [0.29, 0.717) is 17.9 Å². The molecular weight excluding hydrogens is 259 g/mol. The van der Waals surface area contributed by atoms with Crippen LogP contribution in [0.2, 0.25) is 0 Å². The summed E-state index contributed by atoms with van der Waals surface area (Å²) in [6.07, 6.45) is -1.88. The third-order valence-electron chi connectivity index (χ3n) is 3.13. The Labute approximate surface area is 108 Å². The fourth-order valence-electron chi connectivity index (χ4n) is 2.01. The van der Waals surface area contributed by atoms with Crippen LogP contribution in [0.1, 0.15) is 30.7 Å². The standard InChI is InChI=1S/C13H14F3NO2/c14-13(15,16)19-10-5-3-9(4-6-10)11(12(17)18)7-8-1-2-8/h3-6,8,11H,1-2,7H2,(H2,17,18). The van der Waals surface area contributed by atoms with Crippen LogP contribution in [0.4, 0.5) is 13.2 Å². The van der Waals surface area contributed by atoms with E-state index < -0.39 is 18.2 Å². The first-order chi connectivity index (χ1) is 8.85. The Morgan fingerprint density at radius 3 is 2.32 bits per heavy atom. The van der Waals surface area contributed by atoms with E-state index in [2.05, 4.69) is 4.74 Å². The van der Waals surface area contributed by atoms with Gasteiger partial charge in [0.05, 0.1) is 5.92 Å². The minimum Gasteiger partial charge on any atom is -0.406 e. The largest absolute Gasteiger partial charge is 0.573 e. The van der Waals surface area contributed by atoms with Crippen LogP contribution in [0.15, 0.2) is 24.3 Å². The Morgan fingerprint density at radius 1 is 1.32 bits per heavy atom. The van der Waals surface area contributed by atoms with Crippen LogP contribution < -0.4 is 10.5 Å². The molecule has 2 N–H and O–H groups in total. The molecule has 1 aromatic carbocycles. The third kappa shape index (κ3) is 4.15. The first-order valence-corrected chi connectivity index (χ1v) is 6.00. The lowest BCUT2D eigenvalue weighted by atomic mass is 9.93. The van der Waals surface area contributed by atoms with Crippen molar-refractivity contribution in [2.75, 3.05) is 0 Å². The summed E-state index contributed by atoms with van der Waals surface area (Å²) in [5, 5.41) is 0. The maximum atomic E-state index is 12.0. The Kier molecular flexibility index (Phi) is 3.68. The Morgan fingerprint density at radius 2 is 1.89 bits per heavy atom. The molecule has 1 atom stereocenters. The minimum absolute atomic E-state index is 0.300. The number of hydrogen-bond donors (Lipinski definition) is 1. The minimum atomic E-state index is -4.71. The van der Waals surface area contributed by atoms with Crippen molar-refractivity contribution in [3.8, 4) is 5.75 Å². The molecule has 1 aromatic rings. The molecule has 1 aliphatic rings. The number of carbonyl (C=O) groups is 1. The molecular formula is C13H14F3NO2. The summed E-state index contributed by atoms with van der Waals surface area (Å²) in [4.78, 5) is 11.4. The number of halogens is 3. The van der Waals surface area contributed by atoms with E-state index in [4.69, 9.17) is 5.73 Å². The number of rotatable bonds is 5. The summed E-state index contributed by atoms with van der Waals surface area (Å²) in [6.45, 7) is 0. The highest BCUT2D eigenvalue weighted by molar-refractivity contribution is 5.82. The van der Waals surface area contributed by atoms with Gasteiger partial charge in [-0.1, -0.05) is 25.0 Å². The van der Waals surface area contributed by atoms with Gasteiger partial charge in [0.15, 0.2) is 0 Å². The van der Waals surface area contributed by atoms with Crippen LogP contribution in [0.25, 0.3) is 0 Å². The van der Waals surface area contributed by atoms with E-state index in [9.17, 15) is 18.0 Å². The molecule has 0 spiro atoms. The van der Waals surface area contributed by atoms with Crippen molar-refractivity contribution in [2.45, 2.75) is 31.5 Å². The van der Waals surface area contributed by atoms with Crippen LogP contribution in [-0.2, 0) is 4.79 Å². The molecule has 104 valence electrons. The maximum absolute atomic E-state index is 12.0. The van der Waals surface area contributed by atoms with Crippen LogP contribution >= 0.6 is 0 Å². The number of primary amides is 1. The monoisotopic (exact) mass is 273 g/mol. The molecule has 1 saturated carbocycles. The van der Waals surface area contributed by atoms with E-state index in [1.54, 1.807) is 0 Å². The Hall–Kier alpha value is -1.72. The zero-order chi connectivity index (χ0) is 14.0. The quantitative estimate of drug-likeness (QED) is 0.896. The average Bonchev–Trinajstić information content (AvgIpc) is 3.08. The first kappa shape index (κ1) is 13.7. The number of alkyl halides is 3. The van der Waals surface area contributed by atoms with E-state index in [1.807, 2.05) is 0 Å². The van der Waals surface area contributed by atoms with Crippen molar-refractivity contribution in [1.82, 2.24) is 0 Å². The van der Waals surface area contributed by atoms with Crippen molar-refractivity contribution >= 4 is 5.91 Å². The number of ether oxygens (including phenoxy) is 1. The van der Waals surface area contributed by atoms with Gasteiger partial charge in [-0.05, 0) is 30.0 Å². The van der Waals surface area contributed by atoms with Crippen molar-refractivity contribution in [1.29, 1.82) is 0 Å². The number of benzene rings is 1. The summed E-state index contributed by atoms with van der Waals surface area (Å²) in [6, 6.07) is 5.31. The summed E-state index contributed by atoms with van der Waals surface area (Å²) < 4.78 is 39.8. The van der Waals surface area contributed by atoms with Crippen LogP contribution in [0.5, 0.6) is 5.75 Å². The Bertz CT molecular complexity index is 452. The fraction of sp³-hybridized carbons (Fsp3) is 0.462. The van der Waals surface area contributed by atoms with Crippen LogP contribution in [0, 0.1) is 5.92 Å². The second-order valence-corrected chi connectivity index (χ2v) is 4.75. The van der Waals surface area contributed by atoms with E-state index in [1.165, 1.54) is 24.3 Å². The smallest absolute Gasteiger partial charge is 0.406 e. The van der Waals surface area contributed by atoms with Crippen molar-refractivity contribution in [2.24, 2.45) is 11.7 Å². The topological polar surface area (TPSA) is 52.3 Å². The van der Waals surface area contributed by atoms with E-state index in [0.717, 1.165) is 12.8 Å². The molecule has 0 saturated heterocycles. The summed E-state index contributed by atoms with van der Waals surface area (Å²) in [7, 11) is 0. The lowest BCUT2D eigenvalue weighted by molar-refractivity contribution is -0.274. The predicted octanol–water partition coefficient (Wildman–Crippen LogP) is 2.95. The fourth-order valence-corrected chi connectivity index (χ4v) is 2.01. The zero-order valence-corrected chi connectivity index (χ0v) is 10.1. The van der Waals surface area contributed by atoms with Gasteiger partial charge >= 0.3 is 6.36 Å². The molecule has 19 heavy (non-hydrogen) atoms. The second-order valence-electron chi connectivity index (χ2n) is 4.75. The molecule has 3 nitrogen and oxygen atoms in total. The van der Waals surface area contributed by atoms with Gasteiger partial charge in [0.25, 0.3) is 0 Å². The molecule has 0 aromatic heterocycles. The first-order valence-electron chi connectivity index (χ1n) is 6.00. The molecule has 1 amide bonds. The van der Waals surface area contributed by atoms with Gasteiger partial charge in [-0.15, -0.1) is 13.2 Å². The maximum Gasteiger partial charge on any atom is 0.573 e. The van der Waals surface area contributed by atoms with E-state index >= 15 is 0 Å².